The standard InChI is InChI=1S/C16H23N5/c1-4-12-8-9-15(10(12)2)21-16(18-19-20-21)13-6-5-7-14(17)11(13)3/h5-7,10,12,15H,4,8-9,17H2,1-3H3. The van der Waals surface area contributed by atoms with Gasteiger partial charge in [-0.05, 0) is 53.7 Å². The van der Waals surface area contributed by atoms with Gasteiger partial charge < -0.3 is 5.73 Å². The van der Waals surface area contributed by atoms with Crippen LogP contribution in [-0.2, 0) is 0 Å². The average molecular weight is 285 g/mol. The fraction of sp³-hybridized carbons (Fsp3) is 0.562. The van der Waals surface area contributed by atoms with Gasteiger partial charge in [0.05, 0.1) is 6.04 Å². The molecule has 1 aromatic heterocycles. The van der Waals surface area contributed by atoms with Gasteiger partial charge in [0.2, 0.25) is 0 Å². The van der Waals surface area contributed by atoms with Crippen molar-refractivity contribution >= 4 is 5.69 Å². The molecule has 0 spiro atoms. The van der Waals surface area contributed by atoms with Crippen molar-refractivity contribution in [2.45, 2.75) is 46.1 Å². The Kier molecular flexibility index (Phi) is 3.66. The van der Waals surface area contributed by atoms with Gasteiger partial charge in [-0.3, -0.25) is 0 Å². The molecule has 0 bridgehead atoms. The summed E-state index contributed by atoms with van der Waals surface area (Å²) in [6.07, 6.45) is 3.64. The zero-order chi connectivity index (χ0) is 15.0. The second-order valence-electron chi connectivity index (χ2n) is 6.14. The van der Waals surface area contributed by atoms with Crippen LogP contribution in [0.3, 0.4) is 0 Å². The zero-order valence-electron chi connectivity index (χ0n) is 13.0. The number of nitrogen functional groups attached to an aromatic ring is 1. The average Bonchev–Trinajstić information content (AvgIpc) is 3.08. The molecule has 5 heteroatoms. The Labute approximate surface area is 125 Å². The number of hydrogen-bond acceptors (Lipinski definition) is 4. The third-order valence-corrected chi connectivity index (χ3v) is 5.13. The molecular formula is C16H23N5. The van der Waals surface area contributed by atoms with Gasteiger partial charge in [0.15, 0.2) is 5.82 Å². The number of rotatable bonds is 3. The van der Waals surface area contributed by atoms with Crippen LogP contribution in [0.5, 0.6) is 0 Å². The fourth-order valence-corrected chi connectivity index (χ4v) is 3.64. The molecule has 2 aromatic rings. The molecule has 0 aliphatic heterocycles. The lowest BCUT2D eigenvalue weighted by atomic mass is 9.93. The molecule has 5 nitrogen and oxygen atoms in total. The van der Waals surface area contributed by atoms with Crippen LogP contribution in [-0.4, -0.2) is 20.2 Å². The minimum atomic E-state index is 0.390. The molecule has 1 aliphatic carbocycles. The van der Waals surface area contributed by atoms with Crippen LogP contribution in [0, 0.1) is 18.8 Å². The van der Waals surface area contributed by atoms with Gasteiger partial charge in [-0.15, -0.1) is 5.10 Å². The van der Waals surface area contributed by atoms with Gasteiger partial charge in [0.25, 0.3) is 0 Å². The Hall–Kier alpha value is -1.91. The molecule has 0 radical (unpaired) electrons. The second-order valence-corrected chi connectivity index (χ2v) is 6.14. The molecule has 0 amide bonds. The van der Waals surface area contributed by atoms with Gasteiger partial charge in [-0.25, -0.2) is 4.68 Å². The molecule has 1 heterocycles. The van der Waals surface area contributed by atoms with Crippen LogP contribution in [0.4, 0.5) is 5.69 Å². The highest BCUT2D eigenvalue weighted by Crippen LogP contribution is 2.42. The van der Waals surface area contributed by atoms with Crippen molar-refractivity contribution in [3.8, 4) is 11.4 Å². The largest absolute Gasteiger partial charge is 0.398 e. The lowest BCUT2D eigenvalue weighted by Gasteiger charge is -2.21. The first-order valence-electron chi connectivity index (χ1n) is 7.76. The molecule has 1 aliphatic rings. The smallest absolute Gasteiger partial charge is 0.182 e. The molecule has 1 fully saturated rings. The number of nitrogens with two attached hydrogens (primary N) is 1. The zero-order valence-corrected chi connectivity index (χ0v) is 13.0. The molecule has 21 heavy (non-hydrogen) atoms. The summed E-state index contributed by atoms with van der Waals surface area (Å²) in [5, 5.41) is 12.5. The Bertz CT molecular complexity index is 633. The van der Waals surface area contributed by atoms with E-state index < -0.39 is 0 Å². The van der Waals surface area contributed by atoms with E-state index in [-0.39, 0.29) is 0 Å². The van der Waals surface area contributed by atoms with Crippen LogP contribution in [0.2, 0.25) is 0 Å². The number of aromatic nitrogens is 4. The van der Waals surface area contributed by atoms with Crippen molar-refractivity contribution in [1.82, 2.24) is 20.2 Å². The summed E-state index contributed by atoms with van der Waals surface area (Å²) < 4.78 is 2.02. The maximum Gasteiger partial charge on any atom is 0.182 e. The molecule has 3 atom stereocenters. The number of anilines is 1. The molecule has 0 saturated heterocycles. The predicted molar refractivity (Wildman–Crippen MR) is 83.6 cm³/mol. The number of tetrazole rings is 1. The van der Waals surface area contributed by atoms with Crippen molar-refractivity contribution in [3.63, 3.8) is 0 Å². The van der Waals surface area contributed by atoms with E-state index in [4.69, 9.17) is 5.73 Å². The molecule has 1 saturated carbocycles. The monoisotopic (exact) mass is 285 g/mol. The third kappa shape index (κ3) is 2.30. The van der Waals surface area contributed by atoms with E-state index >= 15 is 0 Å². The summed E-state index contributed by atoms with van der Waals surface area (Å²) in [5.74, 6) is 2.22. The normalized spacial score (nSPS) is 25.4. The highest BCUT2D eigenvalue weighted by molar-refractivity contribution is 5.67. The van der Waals surface area contributed by atoms with E-state index in [1.54, 1.807) is 0 Å². The van der Waals surface area contributed by atoms with Gasteiger partial charge in [0, 0.05) is 11.3 Å². The van der Waals surface area contributed by atoms with E-state index in [9.17, 15) is 0 Å². The lowest BCUT2D eigenvalue weighted by Crippen LogP contribution is -2.18. The number of hydrogen-bond donors (Lipinski definition) is 1. The van der Waals surface area contributed by atoms with Crippen molar-refractivity contribution in [3.05, 3.63) is 23.8 Å². The van der Waals surface area contributed by atoms with E-state index in [0.29, 0.717) is 12.0 Å². The molecule has 1 aromatic carbocycles. The van der Waals surface area contributed by atoms with Crippen molar-refractivity contribution in [1.29, 1.82) is 0 Å². The van der Waals surface area contributed by atoms with Crippen LogP contribution in [0.1, 0.15) is 44.7 Å². The van der Waals surface area contributed by atoms with Crippen LogP contribution in [0.25, 0.3) is 11.4 Å². The summed E-state index contributed by atoms with van der Waals surface area (Å²) in [6.45, 7) is 6.62. The quantitative estimate of drug-likeness (QED) is 0.879. The summed E-state index contributed by atoms with van der Waals surface area (Å²) in [5.41, 5.74) is 8.89. The first kappa shape index (κ1) is 14.0. The van der Waals surface area contributed by atoms with Crippen LogP contribution >= 0.6 is 0 Å². The van der Waals surface area contributed by atoms with E-state index in [1.807, 2.05) is 29.8 Å². The summed E-state index contributed by atoms with van der Waals surface area (Å²) in [6, 6.07) is 6.31. The van der Waals surface area contributed by atoms with Gasteiger partial charge in [-0.2, -0.15) is 0 Å². The summed E-state index contributed by atoms with van der Waals surface area (Å²) >= 11 is 0. The topological polar surface area (TPSA) is 69.6 Å². The second kappa shape index (κ2) is 5.47. The van der Waals surface area contributed by atoms with Crippen LogP contribution in [0.15, 0.2) is 18.2 Å². The number of benzene rings is 1. The minimum Gasteiger partial charge on any atom is -0.398 e. The highest BCUT2D eigenvalue weighted by Gasteiger charge is 2.35. The Morgan fingerprint density at radius 2 is 2.14 bits per heavy atom. The molecular weight excluding hydrogens is 262 g/mol. The molecule has 3 unspecified atom stereocenters. The van der Waals surface area contributed by atoms with E-state index in [2.05, 4.69) is 29.4 Å². The Morgan fingerprint density at radius 1 is 1.33 bits per heavy atom. The maximum absolute atomic E-state index is 6.02. The SMILES string of the molecule is CCC1CCC(n2nnnc2-c2cccc(N)c2C)C1C. The van der Waals surface area contributed by atoms with E-state index in [1.165, 1.54) is 12.8 Å². The molecule has 3 rings (SSSR count). The first-order valence-corrected chi connectivity index (χ1v) is 7.76. The van der Waals surface area contributed by atoms with Crippen molar-refractivity contribution in [2.75, 3.05) is 5.73 Å². The van der Waals surface area contributed by atoms with E-state index in [0.717, 1.165) is 35.0 Å². The maximum atomic E-state index is 6.02. The third-order valence-electron chi connectivity index (χ3n) is 5.13. The van der Waals surface area contributed by atoms with Crippen molar-refractivity contribution < 1.29 is 0 Å². The van der Waals surface area contributed by atoms with Gasteiger partial charge in [0.1, 0.15) is 0 Å². The Morgan fingerprint density at radius 3 is 2.86 bits per heavy atom. The summed E-state index contributed by atoms with van der Waals surface area (Å²) in [7, 11) is 0. The van der Waals surface area contributed by atoms with Crippen molar-refractivity contribution in [2.24, 2.45) is 11.8 Å². The van der Waals surface area contributed by atoms with Gasteiger partial charge in [-0.1, -0.05) is 32.4 Å². The lowest BCUT2D eigenvalue weighted by molar-refractivity contribution is 0.310. The predicted octanol–water partition coefficient (Wildman–Crippen LogP) is 3.23. The molecule has 2 N–H and O–H groups in total. The Balaban J connectivity index is 2.00. The van der Waals surface area contributed by atoms with Gasteiger partial charge >= 0.3 is 0 Å². The first-order chi connectivity index (χ1) is 10.1. The molecule has 112 valence electrons. The summed E-state index contributed by atoms with van der Waals surface area (Å²) in [4.78, 5) is 0. The number of nitrogens with zero attached hydrogens (tertiary/aromatic N) is 4. The van der Waals surface area contributed by atoms with Crippen LogP contribution < -0.4 is 5.73 Å². The fourth-order valence-electron chi connectivity index (χ4n) is 3.64. The minimum absolute atomic E-state index is 0.390. The highest BCUT2D eigenvalue weighted by atomic mass is 15.6.